The normalized spacial score (nSPS) is 19.1. The molecular formula is C20H29N5O3. The number of carbonyl (C=O) groups excluding carboxylic acids is 1. The van der Waals surface area contributed by atoms with Crippen LogP contribution < -0.4 is 16.6 Å². The molecule has 0 radical (unpaired) electrons. The molecule has 1 aliphatic rings. The van der Waals surface area contributed by atoms with Crippen molar-refractivity contribution in [3.63, 3.8) is 0 Å². The van der Waals surface area contributed by atoms with Gasteiger partial charge in [-0.3, -0.25) is 14.5 Å². The zero-order valence-corrected chi connectivity index (χ0v) is 16.5. The first kappa shape index (κ1) is 20.4. The molecule has 1 fully saturated rings. The fraction of sp³-hybridized carbons (Fsp3) is 0.550. The molecule has 2 heterocycles. The van der Waals surface area contributed by atoms with Crippen LogP contribution in [0.4, 0.5) is 0 Å². The van der Waals surface area contributed by atoms with Gasteiger partial charge in [-0.1, -0.05) is 26.0 Å². The lowest BCUT2D eigenvalue weighted by atomic mass is 10.0. The number of nitrogens with zero attached hydrogens (tertiary/aromatic N) is 2. The van der Waals surface area contributed by atoms with Gasteiger partial charge in [-0.15, -0.1) is 0 Å². The van der Waals surface area contributed by atoms with Crippen LogP contribution in [0.5, 0.6) is 0 Å². The first-order valence-corrected chi connectivity index (χ1v) is 9.78. The highest BCUT2D eigenvalue weighted by molar-refractivity contribution is 5.81. The van der Waals surface area contributed by atoms with E-state index in [1.807, 2.05) is 18.2 Å². The molecule has 3 rings (SSSR count). The second-order valence-electron chi connectivity index (χ2n) is 7.70. The molecule has 1 aromatic carbocycles. The number of morpholine rings is 1. The second kappa shape index (κ2) is 9.27. The van der Waals surface area contributed by atoms with Crippen LogP contribution >= 0.6 is 0 Å². The van der Waals surface area contributed by atoms with E-state index in [-0.39, 0.29) is 17.5 Å². The predicted molar refractivity (Wildman–Crippen MR) is 108 cm³/mol. The largest absolute Gasteiger partial charge is 0.366 e. The molecule has 2 atom stereocenters. The van der Waals surface area contributed by atoms with Crippen LogP contribution in [0.3, 0.4) is 0 Å². The monoisotopic (exact) mass is 387 g/mol. The Kier molecular flexibility index (Phi) is 6.77. The number of aromatic nitrogens is 2. The zero-order chi connectivity index (χ0) is 20.1. The molecule has 2 unspecified atom stereocenters. The van der Waals surface area contributed by atoms with Gasteiger partial charge in [0, 0.05) is 25.7 Å². The highest BCUT2D eigenvalue weighted by Crippen LogP contribution is 2.12. The average molecular weight is 387 g/mol. The van der Waals surface area contributed by atoms with Crippen molar-refractivity contribution in [1.29, 1.82) is 0 Å². The summed E-state index contributed by atoms with van der Waals surface area (Å²) in [6.07, 6.45) is 0.281. The third kappa shape index (κ3) is 5.15. The highest BCUT2D eigenvalue weighted by atomic mass is 16.5. The maximum absolute atomic E-state index is 12.6. The van der Waals surface area contributed by atoms with Crippen LogP contribution in [0.25, 0.3) is 10.9 Å². The number of para-hydroxylation sites is 1. The minimum Gasteiger partial charge on any atom is -0.366 e. The van der Waals surface area contributed by atoms with E-state index in [1.54, 1.807) is 6.07 Å². The molecule has 1 amide bonds. The number of rotatable bonds is 7. The Bertz CT molecular complexity index is 866. The Balaban J connectivity index is 1.63. The van der Waals surface area contributed by atoms with Crippen molar-refractivity contribution in [3.8, 4) is 0 Å². The molecule has 8 heteroatoms. The summed E-state index contributed by atoms with van der Waals surface area (Å²) >= 11 is 0. The average Bonchev–Trinajstić information content (AvgIpc) is 2.67. The van der Waals surface area contributed by atoms with E-state index < -0.39 is 6.10 Å². The maximum atomic E-state index is 12.6. The minimum atomic E-state index is -0.554. The van der Waals surface area contributed by atoms with Crippen LogP contribution in [-0.4, -0.2) is 59.2 Å². The number of fused-ring (bicyclic) bond motifs is 1. The summed E-state index contributed by atoms with van der Waals surface area (Å²) in [6, 6.07) is 7.21. The van der Waals surface area contributed by atoms with Gasteiger partial charge in [-0.2, -0.15) is 0 Å². The lowest BCUT2D eigenvalue weighted by molar-refractivity contribution is -0.139. The Hall–Kier alpha value is -2.29. The molecule has 0 saturated carbocycles. The van der Waals surface area contributed by atoms with E-state index in [2.05, 4.69) is 34.0 Å². The van der Waals surface area contributed by atoms with Crippen molar-refractivity contribution in [2.24, 2.45) is 11.7 Å². The number of aromatic amines is 1. The SMILES string of the molecule is CC(C)CC(CN)NC(=O)C1CN(Cc2nc3ccccc3c(=O)[nH]2)CCO1. The van der Waals surface area contributed by atoms with Crippen molar-refractivity contribution < 1.29 is 9.53 Å². The van der Waals surface area contributed by atoms with E-state index in [4.69, 9.17) is 10.5 Å². The van der Waals surface area contributed by atoms with E-state index in [0.29, 0.717) is 55.4 Å². The fourth-order valence-electron chi connectivity index (χ4n) is 3.50. The molecule has 1 aliphatic heterocycles. The van der Waals surface area contributed by atoms with Crippen LogP contribution in [0.15, 0.2) is 29.1 Å². The summed E-state index contributed by atoms with van der Waals surface area (Å²) in [4.78, 5) is 34.3. The third-order valence-electron chi connectivity index (χ3n) is 4.87. The minimum absolute atomic E-state index is 0.0509. The summed E-state index contributed by atoms with van der Waals surface area (Å²) in [5.74, 6) is 0.901. The number of nitrogens with two attached hydrogens (primary N) is 1. The summed E-state index contributed by atoms with van der Waals surface area (Å²) < 4.78 is 5.67. The molecule has 1 aromatic heterocycles. The van der Waals surface area contributed by atoms with Gasteiger partial charge in [0.2, 0.25) is 0 Å². The van der Waals surface area contributed by atoms with Crippen molar-refractivity contribution in [1.82, 2.24) is 20.2 Å². The summed E-state index contributed by atoms with van der Waals surface area (Å²) in [6.45, 7) is 6.64. The van der Waals surface area contributed by atoms with Crippen LogP contribution in [-0.2, 0) is 16.1 Å². The maximum Gasteiger partial charge on any atom is 0.258 e. The summed E-state index contributed by atoms with van der Waals surface area (Å²) in [7, 11) is 0. The second-order valence-corrected chi connectivity index (χ2v) is 7.70. The van der Waals surface area contributed by atoms with Crippen molar-refractivity contribution >= 4 is 16.8 Å². The smallest absolute Gasteiger partial charge is 0.258 e. The number of ether oxygens (including phenoxy) is 1. The molecule has 4 N–H and O–H groups in total. The molecule has 1 saturated heterocycles. The lowest BCUT2D eigenvalue weighted by Crippen LogP contribution is -2.53. The number of hydrogen-bond donors (Lipinski definition) is 3. The Morgan fingerprint density at radius 3 is 2.96 bits per heavy atom. The first-order chi connectivity index (χ1) is 13.5. The number of benzene rings is 1. The van der Waals surface area contributed by atoms with Gasteiger partial charge in [0.05, 0.1) is 24.1 Å². The van der Waals surface area contributed by atoms with E-state index in [0.717, 1.165) is 6.42 Å². The number of hydrogen-bond acceptors (Lipinski definition) is 6. The van der Waals surface area contributed by atoms with Gasteiger partial charge in [0.25, 0.3) is 11.5 Å². The fourth-order valence-corrected chi connectivity index (χ4v) is 3.50. The number of carbonyl (C=O) groups is 1. The van der Waals surface area contributed by atoms with Crippen LogP contribution in [0, 0.1) is 5.92 Å². The van der Waals surface area contributed by atoms with E-state index in [9.17, 15) is 9.59 Å². The molecule has 28 heavy (non-hydrogen) atoms. The third-order valence-corrected chi connectivity index (χ3v) is 4.87. The predicted octanol–water partition coefficient (Wildman–Crippen LogP) is 0.614. The van der Waals surface area contributed by atoms with Crippen LogP contribution in [0.2, 0.25) is 0 Å². The highest BCUT2D eigenvalue weighted by Gasteiger charge is 2.28. The zero-order valence-electron chi connectivity index (χ0n) is 16.5. The number of H-pyrrole nitrogens is 1. The number of amides is 1. The standard InChI is InChI=1S/C20H29N5O3/c1-13(2)9-14(10-21)22-20(27)17-11-25(7-8-28-17)12-18-23-16-6-4-3-5-15(16)19(26)24-18/h3-6,13-14,17H,7-12,21H2,1-2H3,(H,22,27)(H,23,24,26). The summed E-state index contributed by atoms with van der Waals surface area (Å²) in [5, 5.41) is 3.57. The Morgan fingerprint density at radius 1 is 1.43 bits per heavy atom. The van der Waals surface area contributed by atoms with Crippen molar-refractivity contribution in [3.05, 3.63) is 40.4 Å². The van der Waals surface area contributed by atoms with E-state index >= 15 is 0 Å². The molecule has 0 spiro atoms. The first-order valence-electron chi connectivity index (χ1n) is 9.78. The van der Waals surface area contributed by atoms with Gasteiger partial charge in [-0.05, 0) is 24.5 Å². The van der Waals surface area contributed by atoms with Crippen LogP contribution in [0.1, 0.15) is 26.1 Å². The van der Waals surface area contributed by atoms with E-state index in [1.165, 1.54) is 0 Å². The molecule has 152 valence electrons. The van der Waals surface area contributed by atoms with Gasteiger partial charge in [0.1, 0.15) is 11.9 Å². The molecule has 2 aromatic rings. The van der Waals surface area contributed by atoms with Crippen molar-refractivity contribution in [2.45, 2.75) is 39.0 Å². The lowest BCUT2D eigenvalue weighted by Gasteiger charge is -2.32. The Morgan fingerprint density at radius 2 is 2.21 bits per heavy atom. The molecular weight excluding hydrogens is 358 g/mol. The number of nitrogens with one attached hydrogen (secondary N) is 2. The summed E-state index contributed by atoms with van der Waals surface area (Å²) in [5.41, 5.74) is 6.30. The van der Waals surface area contributed by atoms with Gasteiger partial charge < -0.3 is 20.8 Å². The Labute approximate surface area is 164 Å². The van der Waals surface area contributed by atoms with Gasteiger partial charge in [0.15, 0.2) is 0 Å². The molecule has 0 aliphatic carbocycles. The van der Waals surface area contributed by atoms with Gasteiger partial charge >= 0.3 is 0 Å². The quantitative estimate of drug-likeness (QED) is 0.642. The molecule has 8 nitrogen and oxygen atoms in total. The van der Waals surface area contributed by atoms with Crippen molar-refractivity contribution in [2.75, 3.05) is 26.2 Å². The van der Waals surface area contributed by atoms with Gasteiger partial charge in [-0.25, -0.2) is 4.98 Å². The topological polar surface area (TPSA) is 113 Å². The molecule has 0 bridgehead atoms.